The largest absolute Gasteiger partial charge is 0.361 e. The predicted molar refractivity (Wildman–Crippen MR) is 72.9 cm³/mol. The molecule has 0 aliphatic carbocycles. The van der Waals surface area contributed by atoms with Crippen LogP contribution < -0.4 is 5.32 Å². The van der Waals surface area contributed by atoms with Crippen molar-refractivity contribution in [3.63, 3.8) is 0 Å². The molecule has 0 saturated carbocycles. The summed E-state index contributed by atoms with van der Waals surface area (Å²) in [7, 11) is 0. The molecule has 1 N–H and O–H groups in total. The number of aromatic nitrogens is 2. The Kier molecular flexibility index (Phi) is 3.90. The first-order valence-electron chi connectivity index (χ1n) is 5.44. The third-order valence-corrected chi connectivity index (χ3v) is 3.00. The Morgan fingerprint density at radius 1 is 1.33 bits per heavy atom. The number of nitrogens with one attached hydrogen (secondary N) is 1. The van der Waals surface area contributed by atoms with Crippen LogP contribution in [0.4, 0.5) is 5.82 Å². The average molecular weight is 303 g/mol. The van der Waals surface area contributed by atoms with Crippen LogP contribution in [0.3, 0.4) is 0 Å². The van der Waals surface area contributed by atoms with Gasteiger partial charge in [0, 0.05) is 16.9 Å². The first kappa shape index (κ1) is 12.5. The van der Waals surface area contributed by atoms with Gasteiger partial charge in [-0.2, -0.15) is 5.26 Å². The molecule has 0 spiro atoms. The Labute approximate surface area is 114 Å². The molecule has 2 aromatic rings. The number of nitrogens with zero attached hydrogens (tertiary/aromatic N) is 3. The molecular weight excluding hydrogens is 292 g/mol. The average Bonchev–Trinajstić information content (AvgIpc) is 2.39. The molecule has 1 aromatic carbocycles. The molecule has 1 atom stereocenters. The number of hydrogen-bond donors (Lipinski definition) is 1. The highest BCUT2D eigenvalue weighted by Gasteiger charge is 2.10. The lowest BCUT2D eigenvalue weighted by atomic mass is 10.1. The van der Waals surface area contributed by atoms with Gasteiger partial charge in [0.05, 0.1) is 6.04 Å². The van der Waals surface area contributed by atoms with E-state index in [1.807, 2.05) is 37.3 Å². The molecule has 4 nitrogen and oxygen atoms in total. The third kappa shape index (κ3) is 2.84. The van der Waals surface area contributed by atoms with E-state index in [1.165, 1.54) is 6.20 Å². The van der Waals surface area contributed by atoms with Crippen LogP contribution in [-0.4, -0.2) is 9.97 Å². The molecule has 1 heterocycles. The molecule has 1 aromatic heterocycles. The van der Waals surface area contributed by atoms with Gasteiger partial charge in [-0.15, -0.1) is 0 Å². The maximum absolute atomic E-state index is 8.95. The minimum Gasteiger partial charge on any atom is -0.361 e. The zero-order chi connectivity index (χ0) is 13.0. The highest BCUT2D eigenvalue weighted by Crippen LogP contribution is 2.21. The van der Waals surface area contributed by atoms with Crippen molar-refractivity contribution in [1.82, 2.24) is 9.97 Å². The Bertz CT molecular complexity index is 592. The minimum atomic E-state index is 0.0475. The lowest BCUT2D eigenvalue weighted by molar-refractivity contribution is 0.868. The first-order valence-corrected chi connectivity index (χ1v) is 6.23. The van der Waals surface area contributed by atoms with Gasteiger partial charge in [-0.25, -0.2) is 9.97 Å². The number of anilines is 1. The molecule has 0 fully saturated rings. The van der Waals surface area contributed by atoms with Gasteiger partial charge < -0.3 is 5.32 Å². The fourth-order valence-electron chi connectivity index (χ4n) is 1.59. The summed E-state index contributed by atoms with van der Waals surface area (Å²) in [6, 6.07) is 10.1. The van der Waals surface area contributed by atoms with Crippen LogP contribution in [0.2, 0.25) is 0 Å². The van der Waals surface area contributed by atoms with Crippen LogP contribution in [0.15, 0.2) is 41.1 Å². The number of benzene rings is 1. The summed E-state index contributed by atoms with van der Waals surface area (Å²) in [5.41, 5.74) is 1.42. The smallest absolute Gasteiger partial charge is 0.182 e. The number of nitriles is 1. The SMILES string of the molecule is CC(Nc1nccnc1C#N)c1cccc(Br)c1. The topological polar surface area (TPSA) is 61.6 Å². The zero-order valence-electron chi connectivity index (χ0n) is 9.76. The molecule has 0 saturated heterocycles. The maximum atomic E-state index is 8.95. The molecule has 0 bridgehead atoms. The van der Waals surface area contributed by atoms with Crippen molar-refractivity contribution in [2.75, 3.05) is 5.32 Å². The van der Waals surface area contributed by atoms with Crippen LogP contribution in [-0.2, 0) is 0 Å². The van der Waals surface area contributed by atoms with Crippen molar-refractivity contribution in [3.8, 4) is 6.07 Å². The Hall–Kier alpha value is -1.93. The van der Waals surface area contributed by atoms with Crippen molar-refractivity contribution < 1.29 is 0 Å². The van der Waals surface area contributed by atoms with Crippen molar-refractivity contribution in [2.45, 2.75) is 13.0 Å². The Morgan fingerprint density at radius 3 is 2.83 bits per heavy atom. The maximum Gasteiger partial charge on any atom is 0.182 e. The summed E-state index contributed by atoms with van der Waals surface area (Å²) in [5.74, 6) is 0.507. The molecule has 90 valence electrons. The second-order valence-corrected chi connectivity index (χ2v) is 4.70. The molecule has 18 heavy (non-hydrogen) atoms. The molecule has 1 unspecified atom stereocenters. The van der Waals surface area contributed by atoms with E-state index in [2.05, 4.69) is 31.2 Å². The van der Waals surface area contributed by atoms with Crippen LogP contribution in [0.1, 0.15) is 24.2 Å². The normalized spacial score (nSPS) is 11.6. The summed E-state index contributed by atoms with van der Waals surface area (Å²) >= 11 is 3.44. The van der Waals surface area contributed by atoms with E-state index < -0.39 is 0 Å². The minimum absolute atomic E-state index is 0.0475. The van der Waals surface area contributed by atoms with E-state index in [4.69, 9.17) is 5.26 Å². The Balaban J connectivity index is 2.22. The van der Waals surface area contributed by atoms with Gasteiger partial charge >= 0.3 is 0 Å². The number of halogens is 1. The van der Waals surface area contributed by atoms with Gasteiger partial charge in [-0.3, -0.25) is 0 Å². The molecule has 5 heteroatoms. The second kappa shape index (κ2) is 5.61. The molecule has 0 aliphatic heterocycles. The highest BCUT2D eigenvalue weighted by atomic mass is 79.9. The van der Waals surface area contributed by atoms with Gasteiger partial charge in [0.1, 0.15) is 6.07 Å². The fourth-order valence-corrected chi connectivity index (χ4v) is 2.01. The summed E-state index contributed by atoms with van der Waals surface area (Å²) < 4.78 is 1.02. The van der Waals surface area contributed by atoms with Gasteiger partial charge in [0.25, 0.3) is 0 Å². The van der Waals surface area contributed by atoms with E-state index in [0.29, 0.717) is 11.5 Å². The van der Waals surface area contributed by atoms with E-state index in [-0.39, 0.29) is 6.04 Å². The van der Waals surface area contributed by atoms with Crippen molar-refractivity contribution >= 4 is 21.7 Å². The van der Waals surface area contributed by atoms with Crippen molar-refractivity contribution in [1.29, 1.82) is 5.26 Å². The van der Waals surface area contributed by atoms with E-state index in [1.54, 1.807) is 6.20 Å². The van der Waals surface area contributed by atoms with Crippen LogP contribution >= 0.6 is 15.9 Å². The molecule has 2 rings (SSSR count). The van der Waals surface area contributed by atoms with E-state index >= 15 is 0 Å². The lowest BCUT2D eigenvalue weighted by Gasteiger charge is -2.15. The predicted octanol–water partition coefficient (Wildman–Crippen LogP) is 3.28. The van der Waals surface area contributed by atoms with Crippen LogP contribution in [0.5, 0.6) is 0 Å². The third-order valence-electron chi connectivity index (χ3n) is 2.51. The van der Waals surface area contributed by atoms with Gasteiger partial charge in [-0.1, -0.05) is 28.1 Å². The molecule has 0 aliphatic rings. The summed E-state index contributed by atoms with van der Waals surface area (Å²) in [6.07, 6.45) is 3.07. The van der Waals surface area contributed by atoms with Gasteiger partial charge in [0.2, 0.25) is 0 Å². The quantitative estimate of drug-likeness (QED) is 0.945. The van der Waals surface area contributed by atoms with Gasteiger partial charge in [0.15, 0.2) is 11.5 Å². The molecule has 0 amide bonds. The van der Waals surface area contributed by atoms with Crippen LogP contribution in [0, 0.1) is 11.3 Å². The summed E-state index contributed by atoms with van der Waals surface area (Å²) in [4.78, 5) is 8.10. The number of hydrogen-bond acceptors (Lipinski definition) is 4. The lowest BCUT2D eigenvalue weighted by Crippen LogP contribution is -2.09. The fraction of sp³-hybridized carbons (Fsp3) is 0.154. The number of rotatable bonds is 3. The summed E-state index contributed by atoms with van der Waals surface area (Å²) in [6.45, 7) is 2.01. The van der Waals surface area contributed by atoms with Crippen molar-refractivity contribution in [2.24, 2.45) is 0 Å². The van der Waals surface area contributed by atoms with Crippen LogP contribution in [0.25, 0.3) is 0 Å². The standard InChI is InChI=1S/C13H11BrN4/c1-9(10-3-2-4-11(14)7-10)18-13-12(8-15)16-5-6-17-13/h2-7,9H,1H3,(H,17,18). The second-order valence-electron chi connectivity index (χ2n) is 3.79. The van der Waals surface area contributed by atoms with E-state index in [9.17, 15) is 0 Å². The summed E-state index contributed by atoms with van der Waals surface area (Å²) in [5, 5.41) is 12.1. The highest BCUT2D eigenvalue weighted by molar-refractivity contribution is 9.10. The molecule has 0 radical (unpaired) electrons. The monoisotopic (exact) mass is 302 g/mol. The van der Waals surface area contributed by atoms with E-state index in [0.717, 1.165) is 10.0 Å². The molecular formula is C13H11BrN4. The van der Waals surface area contributed by atoms with Crippen molar-refractivity contribution in [3.05, 3.63) is 52.4 Å². The van der Waals surface area contributed by atoms with Gasteiger partial charge in [-0.05, 0) is 24.6 Å². The first-order chi connectivity index (χ1) is 8.70. The zero-order valence-corrected chi connectivity index (χ0v) is 11.3. The Morgan fingerprint density at radius 2 is 2.11 bits per heavy atom.